The zero-order valence-corrected chi connectivity index (χ0v) is 8.98. The number of benzene rings is 1. The van der Waals surface area contributed by atoms with Crippen LogP contribution in [0.5, 0.6) is 0 Å². The van der Waals surface area contributed by atoms with Crippen molar-refractivity contribution in [1.29, 1.82) is 0 Å². The Morgan fingerprint density at radius 1 is 1.33 bits per heavy atom. The molecule has 0 spiro atoms. The lowest BCUT2D eigenvalue weighted by atomic mass is 9.91. The molecule has 0 aliphatic rings. The van der Waals surface area contributed by atoms with E-state index in [4.69, 9.17) is 0 Å². The summed E-state index contributed by atoms with van der Waals surface area (Å²) in [5.74, 6) is -0.0561. The molecule has 2 nitrogen and oxygen atoms in total. The van der Waals surface area contributed by atoms with Crippen LogP contribution < -0.4 is 0 Å². The molecule has 15 heavy (non-hydrogen) atoms. The molecule has 2 heteroatoms. The highest BCUT2D eigenvalue weighted by Gasteiger charge is 2.18. The van der Waals surface area contributed by atoms with Crippen molar-refractivity contribution < 1.29 is 9.59 Å². The molecular formula is C13H16O2. The number of ketones is 1. The molecule has 0 saturated carbocycles. The molecule has 0 N–H and O–H groups in total. The number of carbonyl (C=O) groups excluding carboxylic acids is 2. The fourth-order valence-corrected chi connectivity index (χ4v) is 1.66. The first-order valence-corrected chi connectivity index (χ1v) is 5.32. The van der Waals surface area contributed by atoms with E-state index in [1.165, 1.54) is 0 Å². The second-order valence-electron chi connectivity index (χ2n) is 3.62. The molecule has 0 fully saturated rings. The van der Waals surface area contributed by atoms with Gasteiger partial charge in [0.15, 0.2) is 5.78 Å². The average Bonchev–Trinajstić information content (AvgIpc) is 2.29. The van der Waals surface area contributed by atoms with E-state index in [0.29, 0.717) is 12.0 Å². The summed E-state index contributed by atoms with van der Waals surface area (Å²) in [5.41, 5.74) is 0.706. The Hall–Kier alpha value is -1.44. The predicted octanol–water partition coefficient (Wildman–Crippen LogP) is 2.87. The zero-order chi connectivity index (χ0) is 11.1. The van der Waals surface area contributed by atoms with Gasteiger partial charge in [-0.2, -0.15) is 0 Å². The van der Waals surface area contributed by atoms with Gasteiger partial charge in [-0.25, -0.2) is 0 Å². The minimum Gasteiger partial charge on any atom is -0.303 e. The van der Waals surface area contributed by atoms with Gasteiger partial charge in [-0.1, -0.05) is 43.7 Å². The quantitative estimate of drug-likeness (QED) is 0.527. The van der Waals surface area contributed by atoms with Crippen molar-refractivity contribution in [2.45, 2.75) is 26.2 Å². The third kappa shape index (κ3) is 3.31. The Labute approximate surface area is 90.3 Å². The predicted molar refractivity (Wildman–Crippen MR) is 59.9 cm³/mol. The van der Waals surface area contributed by atoms with Gasteiger partial charge in [-0.15, -0.1) is 0 Å². The van der Waals surface area contributed by atoms with Gasteiger partial charge in [0.2, 0.25) is 0 Å². The molecule has 0 aliphatic heterocycles. The smallest absolute Gasteiger partial charge is 0.166 e. The van der Waals surface area contributed by atoms with E-state index in [2.05, 4.69) is 0 Å². The fraction of sp³-hybridized carbons (Fsp3) is 0.385. The lowest BCUT2D eigenvalue weighted by Gasteiger charge is -2.11. The van der Waals surface area contributed by atoms with E-state index in [0.717, 1.165) is 19.1 Å². The van der Waals surface area contributed by atoms with Gasteiger partial charge in [-0.05, 0) is 6.42 Å². The van der Waals surface area contributed by atoms with E-state index in [-0.39, 0.29) is 11.7 Å². The maximum absolute atomic E-state index is 12.0. The maximum atomic E-state index is 12.0. The summed E-state index contributed by atoms with van der Waals surface area (Å²) in [6.45, 7) is 2.02. The van der Waals surface area contributed by atoms with Crippen LogP contribution in [0.2, 0.25) is 0 Å². The number of rotatable bonds is 6. The van der Waals surface area contributed by atoms with Crippen LogP contribution in [0.3, 0.4) is 0 Å². The zero-order valence-electron chi connectivity index (χ0n) is 8.98. The third-order valence-electron chi connectivity index (χ3n) is 2.45. The molecule has 0 aliphatic carbocycles. The lowest BCUT2D eigenvalue weighted by molar-refractivity contribution is -0.108. The first-order chi connectivity index (χ1) is 7.29. The Kier molecular flexibility index (Phi) is 4.75. The first kappa shape index (κ1) is 11.6. The molecule has 0 heterocycles. The van der Waals surface area contributed by atoms with E-state index in [1.807, 2.05) is 25.1 Å². The van der Waals surface area contributed by atoms with Gasteiger partial charge >= 0.3 is 0 Å². The first-order valence-electron chi connectivity index (χ1n) is 5.32. The van der Waals surface area contributed by atoms with Gasteiger partial charge in [0.1, 0.15) is 6.29 Å². The van der Waals surface area contributed by atoms with Crippen molar-refractivity contribution in [3.8, 4) is 0 Å². The van der Waals surface area contributed by atoms with Crippen molar-refractivity contribution in [3.05, 3.63) is 35.9 Å². The summed E-state index contributed by atoms with van der Waals surface area (Å²) in [7, 11) is 0. The van der Waals surface area contributed by atoms with Crippen LogP contribution in [-0.2, 0) is 4.79 Å². The Bertz CT molecular complexity index is 317. The Morgan fingerprint density at radius 3 is 2.53 bits per heavy atom. The monoisotopic (exact) mass is 204 g/mol. The molecule has 0 saturated heterocycles. The number of carbonyl (C=O) groups is 2. The normalized spacial score (nSPS) is 12.1. The van der Waals surface area contributed by atoms with Gasteiger partial charge in [0.05, 0.1) is 0 Å². The highest BCUT2D eigenvalue weighted by atomic mass is 16.1. The second-order valence-corrected chi connectivity index (χ2v) is 3.62. The maximum Gasteiger partial charge on any atom is 0.166 e. The molecular weight excluding hydrogens is 188 g/mol. The lowest BCUT2D eigenvalue weighted by Crippen LogP contribution is -2.15. The molecule has 0 amide bonds. The summed E-state index contributed by atoms with van der Waals surface area (Å²) < 4.78 is 0. The van der Waals surface area contributed by atoms with Crippen LogP contribution in [0.15, 0.2) is 30.3 Å². The van der Waals surface area contributed by atoms with Gasteiger partial charge < -0.3 is 4.79 Å². The van der Waals surface area contributed by atoms with Gasteiger partial charge in [0, 0.05) is 17.9 Å². The standard InChI is InChI=1S/C13H16O2/c1-2-6-11(9-10-14)13(15)12-7-4-3-5-8-12/h3-5,7-8,10-11H,2,6,9H2,1H3. The van der Waals surface area contributed by atoms with Gasteiger partial charge in [0.25, 0.3) is 0 Å². The summed E-state index contributed by atoms with van der Waals surface area (Å²) in [5, 5.41) is 0. The minimum absolute atomic E-state index is 0.0875. The van der Waals surface area contributed by atoms with Crippen molar-refractivity contribution in [1.82, 2.24) is 0 Å². The van der Waals surface area contributed by atoms with Crippen LogP contribution in [0.1, 0.15) is 36.5 Å². The van der Waals surface area contributed by atoms with E-state index in [9.17, 15) is 9.59 Å². The molecule has 1 rings (SSSR count). The van der Waals surface area contributed by atoms with Crippen LogP contribution in [0.25, 0.3) is 0 Å². The van der Waals surface area contributed by atoms with Crippen LogP contribution in [0.4, 0.5) is 0 Å². The van der Waals surface area contributed by atoms with Crippen molar-refractivity contribution >= 4 is 12.1 Å². The molecule has 1 aromatic rings. The highest BCUT2D eigenvalue weighted by molar-refractivity contribution is 5.98. The number of hydrogen-bond acceptors (Lipinski definition) is 2. The Morgan fingerprint density at radius 2 is 2.00 bits per heavy atom. The van der Waals surface area contributed by atoms with Gasteiger partial charge in [-0.3, -0.25) is 4.79 Å². The summed E-state index contributed by atoms with van der Waals surface area (Å²) >= 11 is 0. The van der Waals surface area contributed by atoms with Crippen LogP contribution >= 0.6 is 0 Å². The molecule has 1 aromatic carbocycles. The van der Waals surface area contributed by atoms with Crippen molar-refractivity contribution in [2.24, 2.45) is 5.92 Å². The van der Waals surface area contributed by atoms with Crippen molar-refractivity contribution in [2.75, 3.05) is 0 Å². The molecule has 1 unspecified atom stereocenters. The molecule has 80 valence electrons. The number of aldehydes is 1. The van der Waals surface area contributed by atoms with Crippen LogP contribution in [-0.4, -0.2) is 12.1 Å². The van der Waals surface area contributed by atoms with Crippen LogP contribution in [0, 0.1) is 5.92 Å². The topological polar surface area (TPSA) is 34.1 Å². The SMILES string of the molecule is CCCC(CC=O)C(=O)c1ccccc1. The number of Topliss-reactive ketones (excluding diaryl/α,β-unsaturated/α-hetero) is 1. The largest absolute Gasteiger partial charge is 0.303 e. The number of hydrogen-bond donors (Lipinski definition) is 0. The minimum atomic E-state index is -0.144. The third-order valence-corrected chi connectivity index (χ3v) is 2.45. The van der Waals surface area contributed by atoms with E-state index in [1.54, 1.807) is 12.1 Å². The summed E-state index contributed by atoms with van der Waals surface area (Å²) in [6, 6.07) is 9.17. The fourth-order valence-electron chi connectivity index (χ4n) is 1.66. The second kappa shape index (κ2) is 6.12. The van der Waals surface area contributed by atoms with Crippen molar-refractivity contribution in [3.63, 3.8) is 0 Å². The molecule has 0 radical (unpaired) electrons. The summed E-state index contributed by atoms with van der Waals surface area (Å²) in [4.78, 5) is 22.4. The average molecular weight is 204 g/mol. The molecule has 0 bridgehead atoms. The highest BCUT2D eigenvalue weighted by Crippen LogP contribution is 2.16. The van der Waals surface area contributed by atoms with E-state index < -0.39 is 0 Å². The molecule has 0 aromatic heterocycles. The molecule has 1 atom stereocenters. The van der Waals surface area contributed by atoms with E-state index >= 15 is 0 Å². The summed E-state index contributed by atoms with van der Waals surface area (Å²) in [6.07, 6.45) is 2.88. The Balaban J connectivity index is 2.76.